The van der Waals surface area contributed by atoms with Gasteiger partial charge in [0.2, 0.25) is 0 Å². The number of rotatable bonds is 14. The summed E-state index contributed by atoms with van der Waals surface area (Å²) in [5.41, 5.74) is 4.58. The number of nitrogens with zero attached hydrogens (tertiary/aromatic N) is 4. The van der Waals surface area contributed by atoms with Gasteiger partial charge in [0.15, 0.2) is 17.3 Å². The standard InChI is InChI=1S/C33H43N5O4/c1-5-27-28(10-7-11-29(27)38-19-17-37(6-2)18-20-38)30(39)21-24(25-12-13-31(41-3)32(22-25)42-4)9-8-15-34-33(40)26-14-16-35-36-23-26/h7,10-14,16,22-24H,5-6,8-9,15,17-21H2,1-4H3,(H,34,40)/t24-/m0/s1. The van der Waals surface area contributed by atoms with Crippen LogP contribution in [0.5, 0.6) is 11.5 Å². The quantitative estimate of drug-likeness (QED) is 0.218. The molecule has 4 rings (SSSR count). The van der Waals surface area contributed by atoms with Gasteiger partial charge in [-0.15, -0.1) is 0 Å². The number of carbonyl (C=O) groups excluding carboxylic acids is 2. The van der Waals surface area contributed by atoms with Gasteiger partial charge >= 0.3 is 0 Å². The first-order valence-electron chi connectivity index (χ1n) is 14.9. The highest BCUT2D eigenvalue weighted by Crippen LogP contribution is 2.35. The maximum Gasteiger partial charge on any atom is 0.252 e. The zero-order valence-electron chi connectivity index (χ0n) is 25.3. The van der Waals surface area contributed by atoms with E-state index >= 15 is 0 Å². The Kier molecular flexibility index (Phi) is 11.3. The molecule has 1 atom stereocenters. The van der Waals surface area contributed by atoms with Gasteiger partial charge in [-0.3, -0.25) is 9.59 Å². The van der Waals surface area contributed by atoms with Crippen LogP contribution in [0, 0.1) is 0 Å². The molecule has 2 heterocycles. The summed E-state index contributed by atoms with van der Waals surface area (Å²) in [5, 5.41) is 10.5. The zero-order valence-corrected chi connectivity index (χ0v) is 25.3. The lowest BCUT2D eigenvalue weighted by Crippen LogP contribution is -2.46. The Morgan fingerprint density at radius 2 is 1.76 bits per heavy atom. The molecule has 0 aliphatic carbocycles. The van der Waals surface area contributed by atoms with Crippen LogP contribution >= 0.6 is 0 Å². The SMILES string of the molecule is CCc1c(C(=O)C[C@H](CCCNC(=O)c2ccnnc2)c2ccc(OC)c(OC)c2)cccc1N1CCN(CC)CC1. The number of methoxy groups -OCH3 is 2. The number of piperazine rings is 1. The van der Waals surface area contributed by atoms with E-state index in [1.165, 1.54) is 18.1 Å². The van der Waals surface area contributed by atoms with Gasteiger partial charge in [0.05, 0.1) is 32.2 Å². The molecule has 1 aliphatic heterocycles. The van der Waals surface area contributed by atoms with E-state index in [4.69, 9.17) is 9.47 Å². The highest BCUT2D eigenvalue weighted by molar-refractivity contribution is 5.99. The number of Topliss-reactive ketones (excluding diaryl/α,β-unsaturated/α-hetero) is 1. The highest BCUT2D eigenvalue weighted by atomic mass is 16.5. The first kappa shape index (κ1) is 31.0. The molecule has 42 heavy (non-hydrogen) atoms. The molecule has 1 saturated heterocycles. The summed E-state index contributed by atoms with van der Waals surface area (Å²) < 4.78 is 11.0. The van der Waals surface area contributed by atoms with Crippen molar-refractivity contribution in [2.24, 2.45) is 0 Å². The average Bonchev–Trinajstić information content (AvgIpc) is 3.05. The van der Waals surface area contributed by atoms with Crippen LogP contribution in [-0.4, -0.2) is 80.3 Å². The monoisotopic (exact) mass is 573 g/mol. The van der Waals surface area contributed by atoms with Crippen molar-refractivity contribution in [1.29, 1.82) is 0 Å². The van der Waals surface area contributed by atoms with Crippen LogP contribution in [0.1, 0.15) is 70.9 Å². The largest absolute Gasteiger partial charge is 0.493 e. The molecule has 0 unspecified atom stereocenters. The Hall–Kier alpha value is -3.98. The van der Waals surface area contributed by atoms with Crippen LogP contribution in [-0.2, 0) is 6.42 Å². The van der Waals surface area contributed by atoms with Crippen LogP contribution in [0.25, 0.3) is 0 Å². The second-order valence-corrected chi connectivity index (χ2v) is 10.5. The van der Waals surface area contributed by atoms with Crippen LogP contribution in [0.2, 0.25) is 0 Å². The molecule has 0 spiro atoms. The summed E-state index contributed by atoms with van der Waals surface area (Å²) in [4.78, 5) is 31.3. The topological polar surface area (TPSA) is 96.9 Å². The maximum absolute atomic E-state index is 14.0. The van der Waals surface area contributed by atoms with Gasteiger partial charge in [-0.1, -0.05) is 32.0 Å². The normalized spacial score (nSPS) is 14.3. The third kappa shape index (κ3) is 7.64. The summed E-state index contributed by atoms with van der Waals surface area (Å²) >= 11 is 0. The number of hydrogen-bond acceptors (Lipinski definition) is 8. The third-order valence-corrected chi connectivity index (χ3v) is 8.14. The summed E-state index contributed by atoms with van der Waals surface area (Å²) in [6.45, 7) is 9.88. The molecule has 9 nitrogen and oxygen atoms in total. The number of ether oxygens (including phenoxy) is 2. The molecular weight excluding hydrogens is 530 g/mol. The fraction of sp³-hybridized carbons (Fsp3) is 0.455. The predicted octanol–water partition coefficient (Wildman–Crippen LogP) is 4.76. The average molecular weight is 574 g/mol. The molecule has 2 aromatic carbocycles. The number of nitrogens with one attached hydrogen (secondary N) is 1. The van der Waals surface area contributed by atoms with E-state index in [0.29, 0.717) is 36.4 Å². The summed E-state index contributed by atoms with van der Waals surface area (Å²) in [6, 6.07) is 13.6. The molecule has 0 bridgehead atoms. The molecular formula is C33H43N5O4. The fourth-order valence-electron chi connectivity index (χ4n) is 5.71. The van der Waals surface area contributed by atoms with Gasteiger partial charge in [0.1, 0.15) is 0 Å². The van der Waals surface area contributed by atoms with E-state index in [1.54, 1.807) is 20.3 Å². The number of ketones is 1. The molecule has 1 N–H and O–H groups in total. The molecule has 224 valence electrons. The van der Waals surface area contributed by atoms with E-state index in [1.807, 2.05) is 30.3 Å². The number of likely N-dealkylation sites (N-methyl/N-ethyl adjacent to an activating group) is 1. The van der Waals surface area contributed by atoms with Gasteiger partial charge in [0, 0.05) is 50.4 Å². The van der Waals surface area contributed by atoms with Crippen LogP contribution in [0.3, 0.4) is 0 Å². The van der Waals surface area contributed by atoms with Crippen molar-refractivity contribution in [3.63, 3.8) is 0 Å². The van der Waals surface area contributed by atoms with Crippen molar-refractivity contribution in [2.75, 3.05) is 58.4 Å². The minimum atomic E-state index is -0.187. The number of anilines is 1. The van der Waals surface area contributed by atoms with Crippen LogP contribution in [0.15, 0.2) is 54.9 Å². The predicted molar refractivity (Wildman–Crippen MR) is 165 cm³/mol. The zero-order chi connectivity index (χ0) is 29.9. The Morgan fingerprint density at radius 1 is 0.976 bits per heavy atom. The van der Waals surface area contributed by atoms with Crippen molar-refractivity contribution >= 4 is 17.4 Å². The molecule has 1 amide bonds. The Labute approximate surface area is 249 Å². The summed E-state index contributed by atoms with van der Waals surface area (Å²) in [5.74, 6) is 1.17. The number of amides is 1. The Morgan fingerprint density at radius 3 is 2.43 bits per heavy atom. The van der Waals surface area contributed by atoms with E-state index in [-0.39, 0.29) is 17.6 Å². The van der Waals surface area contributed by atoms with Crippen molar-refractivity contribution in [1.82, 2.24) is 20.4 Å². The van der Waals surface area contributed by atoms with E-state index in [0.717, 1.165) is 62.3 Å². The lowest BCUT2D eigenvalue weighted by Gasteiger charge is -2.36. The van der Waals surface area contributed by atoms with E-state index in [9.17, 15) is 9.59 Å². The molecule has 9 heteroatoms. The summed E-state index contributed by atoms with van der Waals surface area (Å²) in [7, 11) is 3.23. The second-order valence-electron chi connectivity index (χ2n) is 10.5. The van der Waals surface area contributed by atoms with Crippen molar-refractivity contribution in [3.8, 4) is 11.5 Å². The Balaban J connectivity index is 1.52. The molecule has 3 aromatic rings. The van der Waals surface area contributed by atoms with Gasteiger partial charge in [-0.2, -0.15) is 10.2 Å². The molecule has 0 saturated carbocycles. The molecule has 0 radical (unpaired) electrons. The summed E-state index contributed by atoms with van der Waals surface area (Å²) in [6.07, 6.45) is 5.52. The minimum absolute atomic E-state index is 0.0572. The second kappa shape index (κ2) is 15.3. The number of carbonyl (C=O) groups is 2. The number of aromatic nitrogens is 2. The van der Waals surface area contributed by atoms with Crippen molar-refractivity contribution < 1.29 is 19.1 Å². The Bertz CT molecular complexity index is 1330. The number of hydrogen-bond donors (Lipinski definition) is 1. The van der Waals surface area contributed by atoms with Gasteiger partial charge in [0.25, 0.3) is 5.91 Å². The molecule has 1 fully saturated rings. The van der Waals surface area contributed by atoms with Crippen LogP contribution < -0.4 is 19.7 Å². The minimum Gasteiger partial charge on any atom is -0.493 e. The van der Waals surface area contributed by atoms with Gasteiger partial charge in [-0.05, 0) is 67.1 Å². The third-order valence-electron chi connectivity index (χ3n) is 8.14. The van der Waals surface area contributed by atoms with Crippen LogP contribution in [0.4, 0.5) is 5.69 Å². The van der Waals surface area contributed by atoms with E-state index in [2.05, 4.69) is 45.2 Å². The highest BCUT2D eigenvalue weighted by Gasteiger charge is 2.24. The molecule has 1 aliphatic rings. The van der Waals surface area contributed by atoms with Gasteiger partial charge in [-0.25, -0.2) is 0 Å². The smallest absolute Gasteiger partial charge is 0.252 e. The fourth-order valence-corrected chi connectivity index (χ4v) is 5.71. The molecule has 1 aromatic heterocycles. The number of benzene rings is 2. The lowest BCUT2D eigenvalue weighted by atomic mass is 9.86. The first-order valence-corrected chi connectivity index (χ1v) is 14.9. The lowest BCUT2D eigenvalue weighted by molar-refractivity contribution is 0.0944. The van der Waals surface area contributed by atoms with Crippen molar-refractivity contribution in [2.45, 2.75) is 45.4 Å². The van der Waals surface area contributed by atoms with Crippen molar-refractivity contribution in [3.05, 3.63) is 77.1 Å². The van der Waals surface area contributed by atoms with E-state index < -0.39 is 0 Å². The first-order chi connectivity index (χ1) is 20.5. The maximum atomic E-state index is 14.0. The van der Waals surface area contributed by atoms with Gasteiger partial charge < -0.3 is 24.6 Å².